The molecule has 174 valence electrons. The summed E-state index contributed by atoms with van der Waals surface area (Å²) in [6, 6.07) is 16.9. The van der Waals surface area contributed by atoms with E-state index in [0.29, 0.717) is 42.5 Å². The van der Waals surface area contributed by atoms with Crippen LogP contribution in [-0.4, -0.2) is 16.8 Å². The second-order valence-corrected chi connectivity index (χ2v) is 10.1. The van der Waals surface area contributed by atoms with Gasteiger partial charge in [-0.3, -0.25) is 9.69 Å². The molecule has 0 aromatic heterocycles. The summed E-state index contributed by atoms with van der Waals surface area (Å²) in [6.45, 7) is 2.58. The van der Waals surface area contributed by atoms with Crippen LogP contribution >= 0.6 is 51.5 Å². The van der Waals surface area contributed by atoms with Crippen molar-refractivity contribution < 1.29 is 18.7 Å². The highest BCUT2D eigenvalue weighted by molar-refractivity contribution is 9.10. The molecule has 3 aromatic carbocycles. The van der Waals surface area contributed by atoms with E-state index in [1.165, 1.54) is 17.0 Å². The number of thioether (sulfide) groups is 1. The Kier molecular flexibility index (Phi) is 7.93. The molecular weight excluding hydrogens is 561 g/mol. The number of carbonyl (C=O) groups is 1. The highest BCUT2D eigenvalue weighted by atomic mass is 79.9. The molecule has 0 spiro atoms. The number of hydrogen-bond donors (Lipinski definition) is 0. The molecule has 0 aliphatic carbocycles. The van der Waals surface area contributed by atoms with Crippen molar-refractivity contribution >= 4 is 73.5 Å². The molecule has 0 unspecified atom stereocenters. The van der Waals surface area contributed by atoms with Crippen molar-refractivity contribution in [1.29, 1.82) is 0 Å². The van der Waals surface area contributed by atoms with E-state index in [0.717, 1.165) is 22.9 Å². The smallest absolute Gasteiger partial charge is 0.270 e. The third kappa shape index (κ3) is 5.46. The van der Waals surface area contributed by atoms with Crippen LogP contribution in [0.15, 0.2) is 70.0 Å². The number of carbonyl (C=O) groups excluding carboxylic acids is 1. The fourth-order valence-electron chi connectivity index (χ4n) is 3.30. The van der Waals surface area contributed by atoms with E-state index in [9.17, 15) is 9.18 Å². The van der Waals surface area contributed by atoms with Crippen molar-refractivity contribution in [2.45, 2.75) is 13.5 Å². The number of benzene rings is 3. The predicted octanol–water partition coefficient (Wildman–Crippen LogP) is 7.63. The van der Waals surface area contributed by atoms with E-state index >= 15 is 0 Å². The third-order valence-electron chi connectivity index (χ3n) is 4.82. The van der Waals surface area contributed by atoms with Gasteiger partial charge in [0.1, 0.15) is 12.4 Å². The van der Waals surface area contributed by atoms with Gasteiger partial charge in [-0.2, -0.15) is 0 Å². The quantitative estimate of drug-likeness (QED) is 0.213. The Morgan fingerprint density at radius 3 is 2.68 bits per heavy atom. The van der Waals surface area contributed by atoms with E-state index in [-0.39, 0.29) is 12.5 Å². The van der Waals surface area contributed by atoms with E-state index < -0.39 is 5.82 Å². The summed E-state index contributed by atoms with van der Waals surface area (Å²) >= 11 is 16.3. The van der Waals surface area contributed by atoms with E-state index in [1.54, 1.807) is 24.3 Å². The van der Waals surface area contributed by atoms with Gasteiger partial charge in [-0.25, -0.2) is 4.39 Å². The topological polar surface area (TPSA) is 38.8 Å². The first kappa shape index (κ1) is 24.7. The zero-order valence-electron chi connectivity index (χ0n) is 17.9. The second-order valence-electron chi connectivity index (χ2n) is 7.14. The summed E-state index contributed by atoms with van der Waals surface area (Å²) in [7, 11) is 0. The van der Waals surface area contributed by atoms with Crippen molar-refractivity contribution in [2.75, 3.05) is 11.5 Å². The van der Waals surface area contributed by atoms with Crippen LogP contribution in [0.25, 0.3) is 6.08 Å². The molecule has 0 N–H and O–H groups in total. The molecule has 1 aliphatic rings. The van der Waals surface area contributed by atoms with Gasteiger partial charge in [-0.05, 0) is 70.9 Å². The lowest BCUT2D eigenvalue weighted by molar-refractivity contribution is -0.113. The lowest BCUT2D eigenvalue weighted by Crippen LogP contribution is -2.27. The van der Waals surface area contributed by atoms with Crippen molar-refractivity contribution in [3.63, 3.8) is 0 Å². The molecule has 1 amide bonds. The molecular formula is C25H18BrClFNO3S2. The average molecular weight is 579 g/mol. The van der Waals surface area contributed by atoms with E-state index in [1.807, 2.05) is 37.3 Å². The lowest BCUT2D eigenvalue weighted by Gasteiger charge is -2.15. The minimum atomic E-state index is -0.437. The number of amides is 1. The Bertz CT molecular complexity index is 1300. The van der Waals surface area contributed by atoms with Gasteiger partial charge in [0.25, 0.3) is 5.91 Å². The Labute approximate surface area is 219 Å². The fourth-order valence-corrected chi connectivity index (χ4v) is 5.36. The minimum absolute atomic E-state index is 0.268. The summed E-state index contributed by atoms with van der Waals surface area (Å²) < 4.78 is 26.5. The van der Waals surface area contributed by atoms with Gasteiger partial charge < -0.3 is 9.47 Å². The van der Waals surface area contributed by atoms with Gasteiger partial charge >= 0.3 is 0 Å². The average Bonchev–Trinajstić information content (AvgIpc) is 3.07. The van der Waals surface area contributed by atoms with Crippen LogP contribution in [0.3, 0.4) is 0 Å². The first-order valence-corrected chi connectivity index (χ1v) is 12.6. The van der Waals surface area contributed by atoms with Crippen molar-refractivity contribution in [3.05, 3.63) is 92.0 Å². The Morgan fingerprint density at radius 2 is 1.94 bits per heavy atom. The maximum Gasteiger partial charge on any atom is 0.270 e. The van der Waals surface area contributed by atoms with Gasteiger partial charge in [0, 0.05) is 10.6 Å². The van der Waals surface area contributed by atoms with Crippen molar-refractivity contribution in [2.24, 2.45) is 0 Å². The normalized spacial score (nSPS) is 14.7. The molecule has 1 heterocycles. The maximum absolute atomic E-state index is 13.7. The first-order valence-electron chi connectivity index (χ1n) is 10.2. The van der Waals surface area contributed by atoms with Crippen LogP contribution in [0.4, 0.5) is 10.1 Å². The Hall–Kier alpha value is -2.39. The largest absolute Gasteiger partial charge is 0.490 e. The molecule has 1 aliphatic heterocycles. The summed E-state index contributed by atoms with van der Waals surface area (Å²) in [5.41, 5.74) is 1.97. The number of anilines is 1. The number of hydrogen-bond acceptors (Lipinski definition) is 5. The summed E-state index contributed by atoms with van der Waals surface area (Å²) in [5, 5.41) is 0.619. The van der Waals surface area contributed by atoms with Gasteiger partial charge in [0.05, 0.1) is 21.7 Å². The van der Waals surface area contributed by atoms with E-state index in [2.05, 4.69) is 15.9 Å². The number of nitrogens with zero attached hydrogens (tertiary/aromatic N) is 1. The summed E-state index contributed by atoms with van der Waals surface area (Å²) in [4.78, 5) is 14.8. The Morgan fingerprint density at radius 1 is 1.15 bits per heavy atom. The predicted molar refractivity (Wildman–Crippen MR) is 143 cm³/mol. The molecule has 1 saturated heterocycles. The molecule has 0 bridgehead atoms. The molecule has 0 atom stereocenters. The molecule has 3 aromatic rings. The van der Waals surface area contributed by atoms with Gasteiger partial charge in [0.15, 0.2) is 15.8 Å². The molecule has 1 fully saturated rings. The van der Waals surface area contributed by atoms with Crippen LogP contribution in [-0.2, 0) is 11.4 Å². The van der Waals surface area contributed by atoms with Gasteiger partial charge in [-0.15, -0.1) is 0 Å². The summed E-state index contributed by atoms with van der Waals surface area (Å²) in [6.07, 6.45) is 1.73. The SMILES string of the molecule is CCOc1cc(/C=C2\SC(=S)N(c3cccc(F)c3)C2=O)cc(Br)c1OCc1ccccc1Cl. The van der Waals surface area contributed by atoms with Gasteiger partial charge in [0.2, 0.25) is 0 Å². The molecule has 0 radical (unpaired) electrons. The molecule has 9 heteroatoms. The second kappa shape index (κ2) is 10.9. The van der Waals surface area contributed by atoms with Crippen molar-refractivity contribution in [3.8, 4) is 11.5 Å². The standard InChI is InChI=1S/C25H18BrClFNO3S2/c1-2-31-21-11-15(10-19(26)23(21)32-14-16-6-3-4-9-20(16)27)12-22-24(30)29(25(33)34-22)18-8-5-7-17(28)13-18/h3-13H,2,14H2,1H3/b22-12-. The van der Waals surface area contributed by atoms with Crippen molar-refractivity contribution in [1.82, 2.24) is 0 Å². The number of rotatable bonds is 7. The highest BCUT2D eigenvalue weighted by Gasteiger charge is 2.33. The third-order valence-corrected chi connectivity index (χ3v) is 7.08. The zero-order valence-corrected chi connectivity index (χ0v) is 21.9. The van der Waals surface area contributed by atoms with Crippen LogP contribution in [0, 0.1) is 5.82 Å². The highest BCUT2D eigenvalue weighted by Crippen LogP contribution is 2.41. The molecule has 4 nitrogen and oxygen atoms in total. The van der Waals surface area contributed by atoms with Crippen LogP contribution < -0.4 is 14.4 Å². The molecule has 4 rings (SSSR count). The number of ether oxygens (including phenoxy) is 2. The molecule has 0 saturated carbocycles. The number of thiocarbonyl (C=S) groups is 1. The lowest BCUT2D eigenvalue weighted by atomic mass is 10.1. The maximum atomic E-state index is 13.7. The zero-order chi connectivity index (χ0) is 24.2. The van der Waals surface area contributed by atoms with Crippen LogP contribution in [0.2, 0.25) is 5.02 Å². The van der Waals surface area contributed by atoms with E-state index in [4.69, 9.17) is 33.3 Å². The van der Waals surface area contributed by atoms with Crippen LogP contribution in [0.5, 0.6) is 11.5 Å². The minimum Gasteiger partial charge on any atom is -0.490 e. The fraction of sp³-hybridized carbons (Fsp3) is 0.120. The monoisotopic (exact) mass is 577 g/mol. The van der Waals surface area contributed by atoms with Gasteiger partial charge in [-0.1, -0.05) is 59.8 Å². The molecule has 34 heavy (non-hydrogen) atoms. The van der Waals surface area contributed by atoms with Crippen LogP contribution in [0.1, 0.15) is 18.1 Å². The first-order chi connectivity index (χ1) is 16.4. The number of halogens is 3. The Balaban J connectivity index is 1.61. The summed E-state index contributed by atoms with van der Waals surface area (Å²) in [5.74, 6) is 0.309.